The third-order valence-electron chi connectivity index (χ3n) is 4.21. The molecule has 1 heterocycles. The summed E-state index contributed by atoms with van der Waals surface area (Å²) in [6.07, 6.45) is 4.61. The predicted octanol–water partition coefficient (Wildman–Crippen LogP) is 3.55. The molecule has 1 N–H and O–H groups in total. The Labute approximate surface area is 113 Å². The van der Waals surface area contributed by atoms with Crippen molar-refractivity contribution in [1.82, 2.24) is 5.32 Å². The van der Waals surface area contributed by atoms with Gasteiger partial charge in [0.05, 0.1) is 0 Å². The number of nitrogens with one attached hydrogen (secondary N) is 1. The van der Waals surface area contributed by atoms with E-state index in [1.807, 2.05) is 6.07 Å². The molecule has 1 fully saturated rings. The second-order valence-electron chi connectivity index (χ2n) is 5.36. The van der Waals surface area contributed by atoms with Crippen LogP contribution in [0.4, 0.5) is 4.39 Å². The van der Waals surface area contributed by atoms with E-state index in [0.29, 0.717) is 6.04 Å². The molecular formula is C15H20FNS. The monoisotopic (exact) mass is 265 g/mol. The summed E-state index contributed by atoms with van der Waals surface area (Å²) in [4.78, 5) is 0. The fourth-order valence-electron chi connectivity index (χ4n) is 3.08. The highest BCUT2D eigenvalue weighted by molar-refractivity contribution is 7.99. The normalized spacial score (nSPS) is 24.2. The third kappa shape index (κ3) is 2.57. The fraction of sp³-hybridized carbons (Fsp3) is 0.600. The van der Waals surface area contributed by atoms with Gasteiger partial charge in [0, 0.05) is 6.04 Å². The Morgan fingerprint density at radius 2 is 2.06 bits per heavy atom. The van der Waals surface area contributed by atoms with Crippen molar-refractivity contribution in [3.63, 3.8) is 0 Å². The topological polar surface area (TPSA) is 12.0 Å². The van der Waals surface area contributed by atoms with E-state index in [-0.39, 0.29) is 5.82 Å². The second kappa shape index (κ2) is 5.62. The van der Waals surface area contributed by atoms with Gasteiger partial charge >= 0.3 is 0 Å². The van der Waals surface area contributed by atoms with Gasteiger partial charge < -0.3 is 5.32 Å². The number of benzene rings is 1. The molecule has 0 bridgehead atoms. The average molecular weight is 265 g/mol. The molecule has 1 aliphatic heterocycles. The van der Waals surface area contributed by atoms with Crippen LogP contribution in [0, 0.1) is 11.7 Å². The van der Waals surface area contributed by atoms with Crippen molar-refractivity contribution in [1.29, 1.82) is 0 Å². The van der Waals surface area contributed by atoms with Gasteiger partial charge in [0.2, 0.25) is 0 Å². The summed E-state index contributed by atoms with van der Waals surface area (Å²) in [5.74, 6) is 3.42. The minimum atomic E-state index is -0.0223. The maximum atomic E-state index is 13.6. The van der Waals surface area contributed by atoms with Crippen LogP contribution < -0.4 is 5.32 Å². The van der Waals surface area contributed by atoms with Crippen molar-refractivity contribution in [3.05, 3.63) is 35.1 Å². The van der Waals surface area contributed by atoms with E-state index in [2.05, 4.69) is 23.1 Å². The summed E-state index contributed by atoms with van der Waals surface area (Å²) >= 11 is 2.07. The molecule has 1 unspecified atom stereocenters. The molecule has 98 valence electrons. The predicted molar refractivity (Wildman–Crippen MR) is 75.5 cm³/mol. The highest BCUT2D eigenvalue weighted by Gasteiger charge is 2.25. The molecule has 2 aliphatic rings. The Morgan fingerprint density at radius 1 is 1.22 bits per heavy atom. The minimum absolute atomic E-state index is 0.0223. The lowest BCUT2D eigenvalue weighted by Gasteiger charge is -2.24. The molecule has 0 radical (unpaired) electrons. The van der Waals surface area contributed by atoms with E-state index in [9.17, 15) is 4.39 Å². The highest BCUT2D eigenvalue weighted by Crippen LogP contribution is 2.33. The number of halogens is 1. The number of hydrogen-bond acceptors (Lipinski definition) is 2. The fourth-order valence-corrected chi connectivity index (χ4v) is 4.29. The van der Waals surface area contributed by atoms with Crippen molar-refractivity contribution in [2.75, 3.05) is 18.1 Å². The molecule has 1 aromatic carbocycles. The zero-order valence-electron chi connectivity index (χ0n) is 10.6. The molecule has 3 rings (SSSR count). The van der Waals surface area contributed by atoms with Gasteiger partial charge in [-0.3, -0.25) is 0 Å². The maximum Gasteiger partial charge on any atom is 0.126 e. The van der Waals surface area contributed by atoms with Crippen LogP contribution in [-0.4, -0.2) is 18.1 Å². The van der Waals surface area contributed by atoms with Crippen molar-refractivity contribution in [2.24, 2.45) is 5.92 Å². The molecular weight excluding hydrogens is 245 g/mol. The number of rotatable bonds is 3. The van der Waals surface area contributed by atoms with Gasteiger partial charge in [0.15, 0.2) is 0 Å². The Hall–Kier alpha value is -0.540. The SMILES string of the molecule is Fc1cccc2c1CCC2NCC1CCSCC1. The maximum absolute atomic E-state index is 13.6. The van der Waals surface area contributed by atoms with Crippen molar-refractivity contribution < 1.29 is 4.39 Å². The van der Waals surface area contributed by atoms with Gasteiger partial charge in [0.1, 0.15) is 5.82 Å². The quantitative estimate of drug-likeness (QED) is 0.897. The summed E-state index contributed by atoms with van der Waals surface area (Å²) < 4.78 is 13.6. The van der Waals surface area contributed by atoms with E-state index >= 15 is 0 Å². The molecule has 1 saturated heterocycles. The van der Waals surface area contributed by atoms with Gasteiger partial charge in [-0.15, -0.1) is 0 Å². The lowest BCUT2D eigenvalue weighted by atomic mass is 10.0. The van der Waals surface area contributed by atoms with Crippen molar-refractivity contribution in [2.45, 2.75) is 31.7 Å². The average Bonchev–Trinajstić information content (AvgIpc) is 2.82. The number of fused-ring (bicyclic) bond motifs is 1. The van der Waals surface area contributed by atoms with Crippen molar-refractivity contribution >= 4 is 11.8 Å². The van der Waals surface area contributed by atoms with E-state index in [1.54, 1.807) is 6.07 Å². The van der Waals surface area contributed by atoms with Crippen LogP contribution in [0.1, 0.15) is 36.4 Å². The van der Waals surface area contributed by atoms with Gasteiger partial charge in [-0.25, -0.2) is 4.39 Å². The molecule has 1 atom stereocenters. The summed E-state index contributed by atoms with van der Waals surface area (Å²) in [5, 5.41) is 3.66. The molecule has 1 aliphatic carbocycles. The first-order valence-electron chi connectivity index (χ1n) is 6.93. The Morgan fingerprint density at radius 3 is 2.89 bits per heavy atom. The summed E-state index contributed by atoms with van der Waals surface area (Å²) in [7, 11) is 0. The van der Waals surface area contributed by atoms with Gasteiger partial charge in [-0.2, -0.15) is 11.8 Å². The highest BCUT2D eigenvalue weighted by atomic mass is 32.2. The van der Waals surface area contributed by atoms with Crippen LogP contribution in [0.3, 0.4) is 0 Å². The standard InChI is InChI=1S/C15H20FNS/c16-14-3-1-2-13-12(14)4-5-15(13)17-10-11-6-8-18-9-7-11/h1-3,11,15,17H,4-10H2. The molecule has 0 aromatic heterocycles. The first-order valence-corrected chi connectivity index (χ1v) is 8.08. The van der Waals surface area contributed by atoms with Gasteiger partial charge in [0.25, 0.3) is 0 Å². The first-order chi connectivity index (χ1) is 8.84. The zero-order chi connectivity index (χ0) is 12.4. The van der Waals surface area contributed by atoms with Gasteiger partial charge in [-0.05, 0) is 66.8 Å². The van der Waals surface area contributed by atoms with Crippen LogP contribution >= 0.6 is 11.8 Å². The first kappa shape index (κ1) is 12.5. The second-order valence-corrected chi connectivity index (χ2v) is 6.59. The van der Waals surface area contributed by atoms with Crippen LogP contribution in [-0.2, 0) is 6.42 Å². The molecule has 1 nitrogen and oxygen atoms in total. The Kier molecular flexibility index (Phi) is 3.90. The summed E-state index contributed by atoms with van der Waals surface area (Å²) in [5.41, 5.74) is 2.13. The molecule has 1 aromatic rings. The summed E-state index contributed by atoms with van der Waals surface area (Å²) in [6, 6.07) is 5.88. The lowest BCUT2D eigenvalue weighted by Crippen LogP contribution is -2.28. The Bertz CT molecular complexity index is 415. The van der Waals surface area contributed by atoms with E-state index in [0.717, 1.165) is 30.9 Å². The van der Waals surface area contributed by atoms with E-state index in [1.165, 1.54) is 29.9 Å². The molecule has 18 heavy (non-hydrogen) atoms. The van der Waals surface area contributed by atoms with E-state index < -0.39 is 0 Å². The minimum Gasteiger partial charge on any atom is -0.310 e. The molecule has 0 saturated carbocycles. The van der Waals surface area contributed by atoms with Gasteiger partial charge in [-0.1, -0.05) is 12.1 Å². The van der Waals surface area contributed by atoms with Crippen LogP contribution in [0.25, 0.3) is 0 Å². The van der Waals surface area contributed by atoms with Crippen molar-refractivity contribution in [3.8, 4) is 0 Å². The van der Waals surface area contributed by atoms with Crippen LogP contribution in [0.5, 0.6) is 0 Å². The molecule has 0 amide bonds. The Balaban J connectivity index is 1.60. The number of hydrogen-bond donors (Lipinski definition) is 1. The third-order valence-corrected chi connectivity index (χ3v) is 5.26. The van der Waals surface area contributed by atoms with Crippen LogP contribution in [0.15, 0.2) is 18.2 Å². The summed E-state index contributed by atoms with van der Waals surface area (Å²) in [6.45, 7) is 1.10. The molecule has 3 heteroatoms. The number of thioether (sulfide) groups is 1. The largest absolute Gasteiger partial charge is 0.310 e. The lowest BCUT2D eigenvalue weighted by molar-refractivity contribution is 0.409. The smallest absolute Gasteiger partial charge is 0.126 e. The molecule has 0 spiro atoms. The van der Waals surface area contributed by atoms with Crippen LogP contribution in [0.2, 0.25) is 0 Å². The van der Waals surface area contributed by atoms with E-state index in [4.69, 9.17) is 0 Å². The zero-order valence-corrected chi connectivity index (χ0v) is 11.4.